The quantitative estimate of drug-likeness (QED) is 0.773. The number of fused-ring (bicyclic) bond motifs is 1. The Morgan fingerprint density at radius 2 is 1.88 bits per heavy atom. The van der Waals surface area contributed by atoms with Crippen LogP contribution in [0.25, 0.3) is 0 Å². The fourth-order valence-electron chi connectivity index (χ4n) is 3.32. The van der Waals surface area contributed by atoms with Crippen LogP contribution in [-0.4, -0.2) is 37.2 Å². The fraction of sp³-hybridized carbons (Fsp3) is 0.278. The Balaban J connectivity index is 1.65. The van der Waals surface area contributed by atoms with E-state index in [2.05, 4.69) is 4.99 Å². The van der Waals surface area contributed by atoms with Crippen molar-refractivity contribution in [2.24, 2.45) is 4.99 Å². The lowest BCUT2D eigenvalue weighted by Crippen LogP contribution is -2.39. The molecule has 2 heterocycles. The van der Waals surface area contributed by atoms with E-state index in [-0.39, 0.29) is 29.4 Å². The topological polar surface area (TPSA) is 49.7 Å². The maximum absolute atomic E-state index is 14.4. The summed E-state index contributed by atoms with van der Waals surface area (Å²) in [4.78, 5) is 6.35. The van der Waals surface area contributed by atoms with Gasteiger partial charge >= 0.3 is 0 Å². The fourth-order valence-corrected chi connectivity index (χ4v) is 6.57. The summed E-state index contributed by atoms with van der Waals surface area (Å²) < 4.78 is 38.5. The van der Waals surface area contributed by atoms with Crippen LogP contribution in [0.5, 0.6) is 0 Å². The van der Waals surface area contributed by atoms with Gasteiger partial charge in [-0.2, -0.15) is 0 Å². The van der Waals surface area contributed by atoms with Crippen molar-refractivity contribution in [3.05, 3.63) is 64.9 Å². The van der Waals surface area contributed by atoms with Crippen LogP contribution in [0, 0.1) is 5.82 Å². The molecule has 4 nitrogen and oxygen atoms in total. The third-order valence-corrected chi connectivity index (χ3v) is 7.62. The molecule has 0 aliphatic carbocycles. The second kappa shape index (κ2) is 6.87. The minimum Gasteiger partial charge on any atom is -0.312 e. The van der Waals surface area contributed by atoms with Gasteiger partial charge in [-0.15, -0.1) is 0 Å². The molecule has 2 aromatic carbocycles. The van der Waals surface area contributed by atoms with Gasteiger partial charge in [0.15, 0.2) is 15.0 Å². The molecule has 26 heavy (non-hydrogen) atoms. The number of hydrogen-bond acceptors (Lipinski definition) is 5. The molecule has 0 aromatic heterocycles. The predicted octanol–water partition coefficient (Wildman–Crippen LogP) is 3.75. The van der Waals surface area contributed by atoms with Crippen LogP contribution in [0.15, 0.2) is 53.5 Å². The normalized spacial score (nSPS) is 23.8. The number of halogens is 2. The summed E-state index contributed by atoms with van der Waals surface area (Å²) in [5, 5.41) is 1.30. The van der Waals surface area contributed by atoms with Gasteiger partial charge in [-0.25, -0.2) is 12.8 Å². The molecule has 4 rings (SSSR count). The summed E-state index contributed by atoms with van der Waals surface area (Å²) in [5.74, 6) is 0.198. The minimum atomic E-state index is -3.16. The molecule has 0 bridgehead atoms. The number of anilines is 1. The summed E-state index contributed by atoms with van der Waals surface area (Å²) in [6.07, 6.45) is 0. The number of para-hydroxylation sites is 1. The van der Waals surface area contributed by atoms with Gasteiger partial charge in [0.05, 0.1) is 29.3 Å². The van der Waals surface area contributed by atoms with Crippen LogP contribution in [0.4, 0.5) is 10.1 Å². The van der Waals surface area contributed by atoms with E-state index >= 15 is 0 Å². The zero-order chi connectivity index (χ0) is 18.3. The Kier molecular flexibility index (Phi) is 4.71. The first-order valence-corrected chi connectivity index (χ1v) is 11.3. The highest BCUT2D eigenvalue weighted by molar-refractivity contribution is 8.13. The number of nitrogens with zero attached hydrogens (tertiary/aromatic N) is 2. The molecule has 0 radical (unpaired) electrons. The summed E-state index contributed by atoms with van der Waals surface area (Å²) >= 11 is 7.67. The van der Waals surface area contributed by atoms with E-state index < -0.39 is 9.84 Å². The van der Waals surface area contributed by atoms with Crippen LogP contribution in [0.3, 0.4) is 0 Å². The zero-order valence-electron chi connectivity index (χ0n) is 13.7. The first-order chi connectivity index (χ1) is 12.4. The summed E-state index contributed by atoms with van der Waals surface area (Å²) in [6, 6.07) is 13.2. The number of thioether (sulfide) groups is 1. The lowest BCUT2D eigenvalue weighted by Gasteiger charge is -2.26. The van der Waals surface area contributed by atoms with Crippen molar-refractivity contribution in [2.75, 3.05) is 16.4 Å². The highest BCUT2D eigenvalue weighted by Gasteiger charge is 2.47. The Morgan fingerprint density at radius 3 is 2.65 bits per heavy atom. The number of rotatable bonds is 3. The Morgan fingerprint density at radius 1 is 1.15 bits per heavy atom. The first kappa shape index (κ1) is 17.8. The molecule has 1 saturated heterocycles. The van der Waals surface area contributed by atoms with Crippen LogP contribution in [0.1, 0.15) is 5.56 Å². The molecule has 8 heteroatoms. The molecular weight excluding hydrogens is 395 g/mol. The Bertz CT molecular complexity index is 981. The molecule has 136 valence electrons. The van der Waals surface area contributed by atoms with Crippen LogP contribution < -0.4 is 4.90 Å². The smallest absolute Gasteiger partial charge is 0.164 e. The molecule has 2 aliphatic rings. The van der Waals surface area contributed by atoms with Crippen molar-refractivity contribution >= 4 is 44.1 Å². The molecule has 2 aliphatic heterocycles. The van der Waals surface area contributed by atoms with Crippen molar-refractivity contribution in [2.45, 2.75) is 17.8 Å². The number of benzene rings is 2. The standard InChI is InChI=1S/C18H16ClFN2O2S2/c19-13-6-2-1-5-12(13)9-25-18-21-15-10-26(23,24)11-17(15)22(18)16-8-4-3-7-14(16)20/h1-8,15,17H,9-11H2/t15-,17+/m0/s1. The predicted molar refractivity (Wildman–Crippen MR) is 105 cm³/mol. The van der Waals surface area contributed by atoms with E-state index in [0.717, 1.165) is 5.56 Å². The van der Waals surface area contributed by atoms with E-state index in [1.807, 2.05) is 24.3 Å². The molecule has 1 fully saturated rings. The number of amidine groups is 1. The average molecular weight is 411 g/mol. The van der Waals surface area contributed by atoms with Crippen molar-refractivity contribution in [1.82, 2.24) is 0 Å². The van der Waals surface area contributed by atoms with E-state index in [1.165, 1.54) is 17.8 Å². The van der Waals surface area contributed by atoms with E-state index in [0.29, 0.717) is 21.6 Å². The van der Waals surface area contributed by atoms with Gasteiger partial charge in [-0.1, -0.05) is 53.7 Å². The summed E-state index contributed by atoms with van der Waals surface area (Å²) in [6.45, 7) is 0. The summed E-state index contributed by atoms with van der Waals surface area (Å²) in [7, 11) is -3.16. The summed E-state index contributed by atoms with van der Waals surface area (Å²) in [5.41, 5.74) is 1.32. The maximum Gasteiger partial charge on any atom is 0.164 e. The molecule has 0 spiro atoms. The highest BCUT2D eigenvalue weighted by atomic mass is 35.5. The molecule has 0 saturated carbocycles. The molecule has 0 unspecified atom stereocenters. The van der Waals surface area contributed by atoms with E-state index in [9.17, 15) is 12.8 Å². The third kappa shape index (κ3) is 3.35. The molecule has 0 N–H and O–H groups in total. The molecular formula is C18H16ClFN2O2S2. The first-order valence-electron chi connectivity index (χ1n) is 8.13. The van der Waals surface area contributed by atoms with Crippen molar-refractivity contribution in [3.8, 4) is 0 Å². The lowest BCUT2D eigenvalue weighted by molar-refractivity contribution is 0.600. The largest absolute Gasteiger partial charge is 0.312 e. The number of aliphatic imine (C=N–C) groups is 1. The lowest BCUT2D eigenvalue weighted by atomic mass is 10.1. The SMILES string of the molecule is O=S1(=O)C[C@@H]2N=C(SCc3ccccc3Cl)N(c3ccccc3F)[C@@H]2C1. The van der Waals surface area contributed by atoms with Gasteiger partial charge in [0.2, 0.25) is 0 Å². The van der Waals surface area contributed by atoms with Crippen LogP contribution in [0.2, 0.25) is 5.02 Å². The second-order valence-electron chi connectivity index (χ2n) is 6.32. The van der Waals surface area contributed by atoms with Gasteiger partial charge in [0.25, 0.3) is 0 Å². The van der Waals surface area contributed by atoms with Crippen LogP contribution in [-0.2, 0) is 15.6 Å². The average Bonchev–Trinajstić information content (AvgIpc) is 3.06. The Hall–Kier alpha value is -1.57. The van der Waals surface area contributed by atoms with Gasteiger partial charge < -0.3 is 4.90 Å². The van der Waals surface area contributed by atoms with Gasteiger partial charge in [-0.05, 0) is 23.8 Å². The van der Waals surface area contributed by atoms with Crippen molar-refractivity contribution in [1.29, 1.82) is 0 Å². The Labute approximate surface area is 161 Å². The van der Waals surface area contributed by atoms with Crippen molar-refractivity contribution < 1.29 is 12.8 Å². The minimum absolute atomic E-state index is 0.00828. The van der Waals surface area contributed by atoms with E-state index in [4.69, 9.17) is 11.6 Å². The van der Waals surface area contributed by atoms with Gasteiger partial charge in [0.1, 0.15) is 5.82 Å². The third-order valence-electron chi connectivity index (χ3n) is 4.53. The van der Waals surface area contributed by atoms with Crippen LogP contribution >= 0.6 is 23.4 Å². The van der Waals surface area contributed by atoms with Crippen molar-refractivity contribution in [3.63, 3.8) is 0 Å². The number of sulfone groups is 1. The second-order valence-corrected chi connectivity index (χ2v) is 9.83. The van der Waals surface area contributed by atoms with Gasteiger partial charge in [-0.3, -0.25) is 4.99 Å². The highest BCUT2D eigenvalue weighted by Crippen LogP contribution is 2.37. The molecule has 2 aromatic rings. The molecule has 0 amide bonds. The van der Waals surface area contributed by atoms with Gasteiger partial charge in [0, 0.05) is 10.8 Å². The van der Waals surface area contributed by atoms with E-state index in [1.54, 1.807) is 23.1 Å². The number of hydrogen-bond donors (Lipinski definition) is 0. The maximum atomic E-state index is 14.4. The monoisotopic (exact) mass is 410 g/mol. The zero-order valence-corrected chi connectivity index (χ0v) is 16.1. The molecule has 2 atom stereocenters.